The number of carbonyl (C=O) groups excluding carboxylic acids is 1. The van der Waals surface area contributed by atoms with Crippen LogP contribution in [-0.4, -0.2) is 28.7 Å². The van der Waals surface area contributed by atoms with Crippen molar-refractivity contribution >= 4 is 5.78 Å². The molecular weight excluding hydrogens is 228 g/mol. The number of aliphatic hydroxyl groups excluding tert-OH is 2. The fourth-order valence-corrected chi connectivity index (χ4v) is 3.40. The van der Waals surface area contributed by atoms with Crippen molar-refractivity contribution < 1.29 is 15.0 Å². The Morgan fingerprint density at radius 1 is 1.44 bits per heavy atom. The third-order valence-electron chi connectivity index (χ3n) is 5.14. The Kier molecular flexibility index (Phi) is 3.24. The highest BCUT2D eigenvalue weighted by Gasteiger charge is 2.54. The summed E-state index contributed by atoms with van der Waals surface area (Å²) in [6, 6.07) is 0. The topological polar surface area (TPSA) is 57.5 Å². The number of hydrogen-bond donors (Lipinski definition) is 2. The smallest absolute Gasteiger partial charge is 0.156 e. The zero-order chi connectivity index (χ0) is 13.6. The Balaban J connectivity index is 2.42. The molecule has 0 saturated carbocycles. The van der Waals surface area contributed by atoms with Gasteiger partial charge in [-0.25, -0.2) is 0 Å². The molecule has 0 radical (unpaired) electrons. The molecule has 0 fully saturated rings. The molecule has 2 N–H and O–H groups in total. The van der Waals surface area contributed by atoms with Crippen LogP contribution in [0.15, 0.2) is 23.3 Å². The van der Waals surface area contributed by atoms with Gasteiger partial charge in [0.1, 0.15) is 0 Å². The van der Waals surface area contributed by atoms with Crippen molar-refractivity contribution in [3.05, 3.63) is 23.3 Å². The van der Waals surface area contributed by atoms with Gasteiger partial charge in [0.05, 0.1) is 12.7 Å². The number of allylic oxidation sites excluding steroid dienone is 2. The molecule has 0 unspecified atom stereocenters. The van der Waals surface area contributed by atoms with Crippen molar-refractivity contribution in [2.24, 2.45) is 10.8 Å². The zero-order valence-corrected chi connectivity index (χ0v) is 11.4. The summed E-state index contributed by atoms with van der Waals surface area (Å²) in [6.45, 7) is 5.95. The van der Waals surface area contributed by atoms with Crippen LogP contribution in [0, 0.1) is 10.8 Å². The average molecular weight is 250 g/mol. The van der Waals surface area contributed by atoms with Crippen LogP contribution in [0.4, 0.5) is 0 Å². The minimum atomic E-state index is -0.558. The predicted molar refractivity (Wildman–Crippen MR) is 70.0 cm³/mol. The van der Waals surface area contributed by atoms with Crippen molar-refractivity contribution in [2.75, 3.05) is 6.61 Å². The van der Waals surface area contributed by atoms with E-state index in [0.717, 1.165) is 18.4 Å². The van der Waals surface area contributed by atoms with Crippen molar-refractivity contribution in [3.8, 4) is 0 Å². The molecule has 0 spiro atoms. The van der Waals surface area contributed by atoms with Gasteiger partial charge in [-0.2, -0.15) is 0 Å². The molecule has 18 heavy (non-hydrogen) atoms. The molecule has 2 rings (SSSR count). The lowest BCUT2D eigenvalue weighted by Crippen LogP contribution is -2.48. The molecular formula is C15H22O3. The fraction of sp³-hybridized carbons (Fsp3) is 0.667. The number of ketones is 1. The van der Waals surface area contributed by atoms with Crippen LogP contribution >= 0.6 is 0 Å². The van der Waals surface area contributed by atoms with Gasteiger partial charge in [0.25, 0.3) is 0 Å². The van der Waals surface area contributed by atoms with Gasteiger partial charge in [0, 0.05) is 17.3 Å². The van der Waals surface area contributed by atoms with Gasteiger partial charge in [0.2, 0.25) is 0 Å². The molecule has 0 saturated heterocycles. The monoisotopic (exact) mass is 250 g/mol. The molecule has 0 heterocycles. The van der Waals surface area contributed by atoms with Crippen molar-refractivity contribution in [3.63, 3.8) is 0 Å². The summed E-state index contributed by atoms with van der Waals surface area (Å²) in [6.07, 6.45) is 5.07. The molecule has 3 nitrogen and oxygen atoms in total. The van der Waals surface area contributed by atoms with Gasteiger partial charge in [-0.3, -0.25) is 4.79 Å². The quantitative estimate of drug-likeness (QED) is 0.737. The summed E-state index contributed by atoms with van der Waals surface area (Å²) in [5.74, 6) is 0.0567. The van der Waals surface area contributed by atoms with Crippen molar-refractivity contribution in [2.45, 2.75) is 46.1 Å². The van der Waals surface area contributed by atoms with E-state index in [9.17, 15) is 15.0 Å². The Morgan fingerprint density at radius 2 is 2.11 bits per heavy atom. The van der Waals surface area contributed by atoms with Crippen LogP contribution in [0.1, 0.15) is 40.0 Å². The average Bonchev–Trinajstić information content (AvgIpc) is 2.60. The maximum absolute atomic E-state index is 11.7. The van der Waals surface area contributed by atoms with E-state index in [2.05, 4.69) is 0 Å². The van der Waals surface area contributed by atoms with E-state index in [-0.39, 0.29) is 17.8 Å². The van der Waals surface area contributed by atoms with Crippen LogP contribution in [0.25, 0.3) is 0 Å². The SMILES string of the molecule is CC1=C[C@H](O)[C@@](C)([C@@]2(C)CC(=O)C=C2CO)CC1. The highest BCUT2D eigenvalue weighted by molar-refractivity contribution is 5.94. The van der Waals surface area contributed by atoms with Gasteiger partial charge in [-0.15, -0.1) is 0 Å². The molecule has 3 atom stereocenters. The third-order valence-corrected chi connectivity index (χ3v) is 5.14. The first-order chi connectivity index (χ1) is 8.33. The third kappa shape index (κ3) is 1.77. The zero-order valence-electron chi connectivity index (χ0n) is 11.4. The number of rotatable bonds is 2. The summed E-state index contributed by atoms with van der Waals surface area (Å²) in [5.41, 5.74) is 1.15. The predicted octanol–water partition coefficient (Wildman–Crippen LogP) is 1.99. The van der Waals surface area contributed by atoms with Gasteiger partial charge in [-0.1, -0.05) is 25.5 Å². The summed E-state index contributed by atoms with van der Waals surface area (Å²) in [4.78, 5) is 11.7. The fourth-order valence-electron chi connectivity index (χ4n) is 3.40. The van der Waals surface area contributed by atoms with Crippen molar-refractivity contribution in [1.82, 2.24) is 0 Å². The van der Waals surface area contributed by atoms with Crippen LogP contribution in [-0.2, 0) is 4.79 Å². The van der Waals surface area contributed by atoms with E-state index >= 15 is 0 Å². The summed E-state index contributed by atoms with van der Waals surface area (Å²) < 4.78 is 0. The van der Waals surface area contributed by atoms with Crippen LogP contribution in [0.5, 0.6) is 0 Å². The molecule has 0 amide bonds. The van der Waals surface area contributed by atoms with Crippen molar-refractivity contribution in [1.29, 1.82) is 0 Å². The number of carbonyl (C=O) groups is 1. The Labute approximate surface area is 108 Å². The van der Waals surface area contributed by atoms with Crippen LogP contribution in [0.3, 0.4) is 0 Å². The van der Waals surface area contributed by atoms with Crippen LogP contribution < -0.4 is 0 Å². The second-order valence-electron chi connectivity index (χ2n) is 6.18. The first kappa shape index (κ1) is 13.5. The second kappa shape index (κ2) is 4.32. The lowest BCUT2D eigenvalue weighted by atomic mass is 9.55. The molecule has 0 aromatic heterocycles. The molecule has 0 aromatic carbocycles. The van der Waals surface area contributed by atoms with Gasteiger partial charge in [-0.05, 0) is 31.4 Å². The molecule has 0 aromatic rings. The summed E-state index contributed by atoms with van der Waals surface area (Å²) in [7, 11) is 0. The molecule has 2 aliphatic carbocycles. The normalized spacial score (nSPS) is 40.7. The van der Waals surface area contributed by atoms with E-state index in [1.54, 1.807) is 6.08 Å². The Bertz CT molecular complexity index is 435. The molecule has 0 bridgehead atoms. The lowest BCUT2D eigenvalue weighted by Gasteiger charge is -2.50. The first-order valence-electron chi connectivity index (χ1n) is 6.53. The van der Waals surface area contributed by atoms with E-state index in [4.69, 9.17) is 0 Å². The maximum atomic E-state index is 11.7. The Morgan fingerprint density at radius 3 is 2.67 bits per heavy atom. The number of aliphatic hydroxyl groups is 2. The van der Waals surface area contributed by atoms with Crippen LogP contribution in [0.2, 0.25) is 0 Å². The lowest BCUT2D eigenvalue weighted by molar-refractivity contribution is -0.117. The van der Waals surface area contributed by atoms with E-state index < -0.39 is 11.5 Å². The number of hydrogen-bond acceptors (Lipinski definition) is 3. The first-order valence-corrected chi connectivity index (χ1v) is 6.53. The summed E-state index contributed by atoms with van der Waals surface area (Å²) in [5, 5.41) is 19.9. The minimum absolute atomic E-state index is 0.0567. The van der Waals surface area contributed by atoms with E-state index in [1.165, 1.54) is 5.57 Å². The maximum Gasteiger partial charge on any atom is 0.156 e. The highest BCUT2D eigenvalue weighted by atomic mass is 16.3. The standard InChI is InChI=1S/C15H22O3/c1-10-4-5-14(2,13(18)6-10)15(3)8-12(17)7-11(15)9-16/h6-7,13,16,18H,4-5,8-9H2,1-3H3/t13-,14-,15-/m0/s1. The molecule has 3 heteroatoms. The largest absolute Gasteiger partial charge is 0.392 e. The minimum Gasteiger partial charge on any atom is -0.392 e. The van der Waals surface area contributed by atoms with Gasteiger partial charge < -0.3 is 10.2 Å². The van der Waals surface area contributed by atoms with E-state index in [1.807, 2.05) is 26.8 Å². The molecule has 2 aliphatic rings. The Hall–Kier alpha value is -0.930. The second-order valence-corrected chi connectivity index (χ2v) is 6.18. The molecule has 100 valence electrons. The van der Waals surface area contributed by atoms with Gasteiger partial charge in [0.15, 0.2) is 5.78 Å². The van der Waals surface area contributed by atoms with E-state index in [0.29, 0.717) is 6.42 Å². The highest BCUT2D eigenvalue weighted by Crippen LogP contribution is 2.56. The molecule has 0 aliphatic heterocycles. The summed E-state index contributed by atoms with van der Waals surface area (Å²) >= 11 is 0. The van der Waals surface area contributed by atoms with Gasteiger partial charge >= 0.3 is 0 Å².